The summed E-state index contributed by atoms with van der Waals surface area (Å²) in [7, 11) is 1.20. The van der Waals surface area contributed by atoms with Gasteiger partial charge in [0.1, 0.15) is 5.82 Å². The lowest BCUT2D eigenvalue weighted by Crippen LogP contribution is -2.40. The molecule has 0 aliphatic rings. The highest BCUT2D eigenvalue weighted by molar-refractivity contribution is 5.97. The number of ketones is 1. The summed E-state index contributed by atoms with van der Waals surface area (Å²) in [6.07, 6.45) is 0. The van der Waals surface area contributed by atoms with Crippen molar-refractivity contribution in [3.8, 4) is 5.69 Å². The molecule has 1 heterocycles. The molecule has 0 radical (unpaired) electrons. The SMILES string of the molecule is COC(=O)c1ccccc1-n1c(=O)c2ccccc2n(CC(=O)c2ccc(F)cc2)c1=O. The average molecular weight is 432 g/mol. The predicted octanol–water partition coefficient (Wildman–Crippen LogP) is 2.96. The van der Waals surface area contributed by atoms with Crippen LogP contribution in [0.1, 0.15) is 20.7 Å². The largest absolute Gasteiger partial charge is 0.465 e. The third kappa shape index (κ3) is 3.62. The van der Waals surface area contributed by atoms with Gasteiger partial charge in [-0.05, 0) is 48.5 Å². The smallest absolute Gasteiger partial charge is 0.339 e. The van der Waals surface area contributed by atoms with E-state index in [0.29, 0.717) is 0 Å². The number of esters is 1. The Hall–Kier alpha value is -4.33. The van der Waals surface area contributed by atoms with Crippen molar-refractivity contribution in [2.24, 2.45) is 0 Å². The Morgan fingerprint density at radius 2 is 1.56 bits per heavy atom. The van der Waals surface area contributed by atoms with Crippen molar-refractivity contribution in [1.29, 1.82) is 0 Å². The van der Waals surface area contributed by atoms with Crippen molar-refractivity contribution in [2.45, 2.75) is 6.54 Å². The third-order valence-corrected chi connectivity index (χ3v) is 5.07. The lowest BCUT2D eigenvalue weighted by molar-refractivity contribution is 0.0600. The van der Waals surface area contributed by atoms with Gasteiger partial charge in [-0.15, -0.1) is 0 Å². The zero-order valence-electron chi connectivity index (χ0n) is 16.9. The highest BCUT2D eigenvalue weighted by Gasteiger charge is 2.21. The number of hydrogen-bond donors (Lipinski definition) is 0. The predicted molar refractivity (Wildman–Crippen MR) is 116 cm³/mol. The number of methoxy groups -OCH3 is 1. The van der Waals surface area contributed by atoms with Gasteiger partial charge in [-0.2, -0.15) is 0 Å². The molecule has 0 saturated heterocycles. The highest BCUT2D eigenvalue weighted by atomic mass is 19.1. The third-order valence-electron chi connectivity index (χ3n) is 5.07. The van der Waals surface area contributed by atoms with E-state index in [2.05, 4.69) is 0 Å². The van der Waals surface area contributed by atoms with Crippen molar-refractivity contribution < 1.29 is 18.7 Å². The van der Waals surface area contributed by atoms with Crippen molar-refractivity contribution in [3.05, 3.63) is 111 Å². The second-order valence-corrected chi connectivity index (χ2v) is 6.97. The fourth-order valence-electron chi connectivity index (χ4n) is 3.51. The number of Topliss-reactive ketones (excluding diaryl/α,β-unsaturated/α-hetero) is 1. The fraction of sp³-hybridized carbons (Fsp3) is 0.0833. The lowest BCUT2D eigenvalue weighted by atomic mass is 10.1. The van der Waals surface area contributed by atoms with Crippen LogP contribution in [0.15, 0.2) is 82.4 Å². The second kappa shape index (κ2) is 8.43. The Balaban J connectivity index is 1.97. The lowest BCUT2D eigenvalue weighted by Gasteiger charge is -2.15. The van der Waals surface area contributed by atoms with Crippen LogP contribution >= 0.6 is 0 Å². The van der Waals surface area contributed by atoms with E-state index in [1.807, 2.05) is 0 Å². The van der Waals surface area contributed by atoms with E-state index in [1.165, 1.54) is 37.4 Å². The summed E-state index contributed by atoms with van der Waals surface area (Å²) >= 11 is 0. The van der Waals surface area contributed by atoms with Gasteiger partial charge in [0, 0.05) is 5.56 Å². The van der Waals surface area contributed by atoms with Gasteiger partial charge in [-0.3, -0.25) is 14.2 Å². The van der Waals surface area contributed by atoms with Crippen LogP contribution in [0.3, 0.4) is 0 Å². The molecule has 0 amide bonds. The highest BCUT2D eigenvalue weighted by Crippen LogP contribution is 2.15. The minimum absolute atomic E-state index is 0.0286. The molecular formula is C24H17FN2O5. The molecule has 8 heteroatoms. The van der Waals surface area contributed by atoms with E-state index >= 15 is 0 Å². The summed E-state index contributed by atoms with van der Waals surface area (Å²) in [6.45, 7) is -0.383. The van der Waals surface area contributed by atoms with E-state index in [0.717, 1.165) is 21.3 Å². The molecule has 4 rings (SSSR count). The van der Waals surface area contributed by atoms with Crippen molar-refractivity contribution in [3.63, 3.8) is 0 Å². The molecule has 7 nitrogen and oxygen atoms in total. The van der Waals surface area contributed by atoms with Crippen LogP contribution < -0.4 is 11.2 Å². The molecule has 0 aliphatic carbocycles. The number of para-hydroxylation sites is 2. The number of rotatable bonds is 5. The number of ether oxygens (including phenoxy) is 1. The molecule has 0 atom stereocenters. The van der Waals surface area contributed by atoms with E-state index in [4.69, 9.17) is 4.74 Å². The van der Waals surface area contributed by atoms with Crippen LogP contribution in [-0.2, 0) is 11.3 Å². The van der Waals surface area contributed by atoms with Crippen LogP contribution in [0.5, 0.6) is 0 Å². The number of hydrogen-bond acceptors (Lipinski definition) is 5. The molecule has 160 valence electrons. The molecule has 0 saturated carbocycles. The normalized spacial score (nSPS) is 10.8. The first-order valence-electron chi connectivity index (χ1n) is 9.63. The van der Waals surface area contributed by atoms with Gasteiger partial charge in [-0.25, -0.2) is 18.5 Å². The molecule has 4 aromatic rings. The van der Waals surface area contributed by atoms with Crippen LogP contribution in [-0.4, -0.2) is 28.0 Å². The maximum atomic E-state index is 13.4. The second-order valence-electron chi connectivity index (χ2n) is 6.97. The summed E-state index contributed by atoms with van der Waals surface area (Å²) < 4.78 is 20.0. The molecule has 0 spiro atoms. The van der Waals surface area contributed by atoms with Gasteiger partial charge in [0.15, 0.2) is 5.78 Å². The Morgan fingerprint density at radius 3 is 2.28 bits per heavy atom. The number of nitrogens with zero attached hydrogens (tertiary/aromatic N) is 2. The van der Waals surface area contributed by atoms with Crippen molar-refractivity contribution >= 4 is 22.7 Å². The Kier molecular flexibility index (Phi) is 5.51. The van der Waals surface area contributed by atoms with Crippen LogP contribution in [0, 0.1) is 5.82 Å². The average Bonchev–Trinajstić information content (AvgIpc) is 2.82. The van der Waals surface area contributed by atoms with Gasteiger partial charge < -0.3 is 4.74 Å². The molecular weight excluding hydrogens is 415 g/mol. The molecule has 1 aromatic heterocycles. The maximum absolute atomic E-state index is 13.4. The van der Waals surface area contributed by atoms with E-state index in [-0.39, 0.29) is 34.3 Å². The van der Waals surface area contributed by atoms with E-state index in [1.54, 1.807) is 30.3 Å². The maximum Gasteiger partial charge on any atom is 0.339 e. The molecule has 3 aromatic carbocycles. The summed E-state index contributed by atoms with van der Waals surface area (Å²) in [5.41, 5.74) is -0.864. The first-order chi connectivity index (χ1) is 15.4. The molecule has 0 N–H and O–H groups in total. The topological polar surface area (TPSA) is 87.4 Å². The zero-order valence-corrected chi connectivity index (χ0v) is 16.9. The standard InChI is InChI=1S/C24H17FN2O5/c1-32-23(30)18-7-3-5-9-20(18)27-22(29)17-6-2-4-8-19(17)26(24(27)31)14-21(28)15-10-12-16(25)13-11-15/h2-13H,14H2,1H3. The van der Waals surface area contributed by atoms with E-state index in [9.17, 15) is 23.6 Å². The molecule has 0 bridgehead atoms. The quantitative estimate of drug-likeness (QED) is 0.358. The summed E-state index contributed by atoms with van der Waals surface area (Å²) in [5.74, 6) is -1.64. The zero-order chi connectivity index (χ0) is 22.8. The van der Waals surface area contributed by atoms with Gasteiger partial charge in [0.2, 0.25) is 0 Å². The first-order valence-corrected chi connectivity index (χ1v) is 9.63. The van der Waals surface area contributed by atoms with Gasteiger partial charge in [-0.1, -0.05) is 24.3 Å². The van der Waals surface area contributed by atoms with Crippen molar-refractivity contribution in [2.75, 3.05) is 7.11 Å². The fourth-order valence-corrected chi connectivity index (χ4v) is 3.51. The van der Waals surface area contributed by atoms with E-state index < -0.39 is 28.8 Å². The minimum atomic E-state index is -0.791. The van der Waals surface area contributed by atoms with Crippen LogP contribution in [0.4, 0.5) is 4.39 Å². The van der Waals surface area contributed by atoms with Gasteiger partial charge in [0.05, 0.1) is 35.8 Å². The molecule has 0 unspecified atom stereocenters. The number of carbonyl (C=O) groups is 2. The van der Waals surface area contributed by atoms with Crippen LogP contribution in [0.25, 0.3) is 16.6 Å². The Bertz CT molecular complexity index is 1470. The number of fused-ring (bicyclic) bond motifs is 1. The molecule has 0 aliphatic heterocycles. The number of halogens is 1. The van der Waals surface area contributed by atoms with Gasteiger partial charge >= 0.3 is 11.7 Å². The summed E-state index contributed by atoms with van der Waals surface area (Å²) in [4.78, 5) is 51.7. The summed E-state index contributed by atoms with van der Waals surface area (Å²) in [5, 5.41) is 0.193. The number of carbonyl (C=O) groups excluding carboxylic acids is 2. The number of aromatic nitrogens is 2. The van der Waals surface area contributed by atoms with Crippen LogP contribution in [0.2, 0.25) is 0 Å². The summed E-state index contributed by atoms with van der Waals surface area (Å²) in [6, 6.07) is 17.4. The molecule has 0 fully saturated rings. The minimum Gasteiger partial charge on any atom is -0.465 e. The first kappa shape index (κ1) is 20.9. The van der Waals surface area contributed by atoms with Crippen molar-refractivity contribution in [1.82, 2.24) is 9.13 Å². The monoisotopic (exact) mass is 432 g/mol. The Labute approximate surface area is 180 Å². The van der Waals surface area contributed by atoms with Gasteiger partial charge in [0.25, 0.3) is 5.56 Å². The molecule has 32 heavy (non-hydrogen) atoms. The number of benzene rings is 3. The Morgan fingerprint density at radius 1 is 0.906 bits per heavy atom.